The van der Waals surface area contributed by atoms with Crippen LogP contribution in [0.25, 0.3) is 9.88 Å². The highest BCUT2D eigenvalue weighted by Gasteiger charge is 2.34. The first-order chi connectivity index (χ1) is 15.1. The molecule has 2 amide bonds. The van der Waals surface area contributed by atoms with Crippen molar-refractivity contribution in [1.82, 2.24) is 15.1 Å². The van der Waals surface area contributed by atoms with Gasteiger partial charge in [-0.1, -0.05) is 23.5 Å². The van der Waals surface area contributed by atoms with Crippen molar-refractivity contribution in [2.75, 3.05) is 32.6 Å². The van der Waals surface area contributed by atoms with Gasteiger partial charge in [-0.3, -0.25) is 9.59 Å². The van der Waals surface area contributed by atoms with E-state index in [-0.39, 0.29) is 18.2 Å². The Morgan fingerprint density at radius 2 is 2.06 bits per heavy atom. The Balaban J connectivity index is 1.32. The minimum absolute atomic E-state index is 0.0165. The standard InChI is InChI=1S/C21H22N4O4S2/c1-28-15-6-5-13(10-16(15)29-2)7-8-25-12-14(11-18(25)26)19(27)22-21-24-23-20(31-21)17-4-3-9-30-17/h3-6,9-10,14H,7-8,11-12H2,1-2H3,(H,22,24,27). The summed E-state index contributed by atoms with van der Waals surface area (Å²) in [5, 5.41) is 14.2. The highest BCUT2D eigenvalue weighted by Crippen LogP contribution is 2.31. The van der Waals surface area contributed by atoms with Crippen molar-refractivity contribution in [3.05, 3.63) is 41.3 Å². The lowest BCUT2D eigenvalue weighted by molar-refractivity contribution is -0.128. The van der Waals surface area contributed by atoms with Crippen LogP contribution in [-0.2, 0) is 16.0 Å². The second-order valence-electron chi connectivity index (χ2n) is 7.06. The van der Waals surface area contributed by atoms with Crippen LogP contribution in [0.1, 0.15) is 12.0 Å². The monoisotopic (exact) mass is 458 g/mol. The summed E-state index contributed by atoms with van der Waals surface area (Å²) in [5.41, 5.74) is 1.04. The molecule has 1 atom stereocenters. The molecule has 0 bridgehead atoms. The Morgan fingerprint density at radius 1 is 1.23 bits per heavy atom. The highest BCUT2D eigenvalue weighted by molar-refractivity contribution is 7.23. The van der Waals surface area contributed by atoms with Gasteiger partial charge in [0.1, 0.15) is 0 Å². The van der Waals surface area contributed by atoms with Crippen molar-refractivity contribution in [2.45, 2.75) is 12.8 Å². The summed E-state index contributed by atoms with van der Waals surface area (Å²) in [6.07, 6.45) is 0.870. The summed E-state index contributed by atoms with van der Waals surface area (Å²) < 4.78 is 10.6. The molecule has 1 N–H and O–H groups in total. The molecule has 0 saturated carbocycles. The number of carbonyl (C=O) groups excluding carboxylic acids is 2. The second-order valence-corrected chi connectivity index (χ2v) is 8.98. The molecule has 3 heterocycles. The van der Waals surface area contributed by atoms with Crippen molar-refractivity contribution in [2.24, 2.45) is 5.92 Å². The SMILES string of the molecule is COc1ccc(CCN2CC(C(=O)Nc3nnc(-c4cccs4)s3)CC2=O)cc1OC. The fourth-order valence-corrected chi connectivity index (χ4v) is 4.98. The zero-order valence-electron chi connectivity index (χ0n) is 17.2. The summed E-state index contributed by atoms with van der Waals surface area (Å²) >= 11 is 2.90. The molecule has 0 aliphatic carbocycles. The Kier molecular flexibility index (Phi) is 6.47. The number of hydrogen-bond acceptors (Lipinski definition) is 8. The number of thiophene rings is 1. The summed E-state index contributed by atoms with van der Waals surface area (Å²) in [6, 6.07) is 9.61. The Hall–Kier alpha value is -2.98. The molecule has 1 aromatic carbocycles. The Labute approximate surface area is 187 Å². The number of methoxy groups -OCH3 is 2. The minimum atomic E-state index is -0.396. The Morgan fingerprint density at radius 3 is 2.81 bits per heavy atom. The van der Waals surface area contributed by atoms with E-state index in [0.717, 1.165) is 15.4 Å². The predicted molar refractivity (Wildman–Crippen MR) is 120 cm³/mol. The molecule has 0 spiro atoms. The Bertz CT molecular complexity index is 1070. The molecule has 1 aliphatic heterocycles. The first-order valence-electron chi connectivity index (χ1n) is 9.74. The van der Waals surface area contributed by atoms with E-state index in [1.165, 1.54) is 11.3 Å². The highest BCUT2D eigenvalue weighted by atomic mass is 32.1. The first-order valence-corrected chi connectivity index (χ1v) is 11.4. The summed E-state index contributed by atoms with van der Waals surface area (Å²) in [6.45, 7) is 0.938. The molecular formula is C21H22N4O4S2. The molecule has 1 aliphatic rings. The van der Waals surface area contributed by atoms with Gasteiger partial charge in [0.25, 0.3) is 0 Å². The molecule has 162 valence electrons. The first kappa shape index (κ1) is 21.3. The summed E-state index contributed by atoms with van der Waals surface area (Å²) in [4.78, 5) is 27.8. The van der Waals surface area contributed by atoms with Gasteiger partial charge in [0.05, 0.1) is 25.0 Å². The van der Waals surface area contributed by atoms with Crippen LogP contribution in [0.3, 0.4) is 0 Å². The van der Waals surface area contributed by atoms with E-state index < -0.39 is 5.92 Å². The molecule has 1 fully saturated rings. The fourth-order valence-electron chi connectivity index (χ4n) is 3.45. The van der Waals surface area contributed by atoms with Gasteiger partial charge in [-0.2, -0.15) is 0 Å². The average molecular weight is 459 g/mol. The largest absolute Gasteiger partial charge is 0.493 e. The van der Waals surface area contributed by atoms with E-state index in [1.54, 1.807) is 30.5 Å². The van der Waals surface area contributed by atoms with Crippen molar-refractivity contribution < 1.29 is 19.1 Å². The fraction of sp³-hybridized carbons (Fsp3) is 0.333. The van der Waals surface area contributed by atoms with Gasteiger partial charge in [0, 0.05) is 19.5 Å². The lowest BCUT2D eigenvalue weighted by atomic mass is 10.1. The van der Waals surface area contributed by atoms with Crippen LogP contribution in [0.5, 0.6) is 11.5 Å². The van der Waals surface area contributed by atoms with Crippen molar-refractivity contribution in [3.63, 3.8) is 0 Å². The minimum Gasteiger partial charge on any atom is -0.493 e. The van der Waals surface area contributed by atoms with E-state index in [2.05, 4.69) is 15.5 Å². The number of likely N-dealkylation sites (tertiary alicyclic amines) is 1. The number of carbonyl (C=O) groups is 2. The van der Waals surface area contributed by atoms with E-state index in [4.69, 9.17) is 9.47 Å². The van der Waals surface area contributed by atoms with Gasteiger partial charge in [0.2, 0.25) is 16.9 Å². The molecule has 1 unspecified atom stereocenters. The summed E-state index contributed by atoms with van der Waals surface area (Å²) in [5.74, 6) is 0.711. The van der Waals surface area contributed by atoms with Crippen LogP contribution in [0, 0.1) is 5.92 Å². The molecule has 31 heavy (non-hydrogen) atoms. The van der Waals surface area contributed by atoms with Gasteiger partial charge < -0.3 is 19.7 Å². The molecule has 10 heteroatoms. The lowest BCUT2D eigenvalue weighted by Crippen LogP contribution is -2.30. The number of amides is 2. The molecule has 0 radical (unpaired) electrons. The zero-order valence-corrected chi connectivity index (χ0v) is 18.8. The van der Waals surface area contributed by atoms with Crippen LogP contribution < -0.4 is 14.8 Å². The molecule has 3 aromatic rings. The summed E-state index contributed by atoms with van der Waals surface area (Å²) in [7, 11) is 3.19. The predicted octanol–water partition coefficient (Wildman–Crippen LogP) is 3.31. The van der Waals surface area contributed by atoms with E-state index >= 15 is 0 Å². The van der Waals surface area contributed by atoms with Gasteiger partial charge in [-0.25, -0.2) is 0 Å². The lowest BCUT2D eigenvalue weighted by Gasteiger charge is -2.17. The third kappa shape index (κ3) is 4.86. The maximum Gasteiger partial charge on any atom is 0.231 e. The number of ether oxygens (including phenoxy) is 2. The number of nitrogens with zero attached hydrogens (tertiary/aromatic N) is 3. The topological polar surface area (TPSA) is 93.6 Å². The van der Waals surface area contributed by atoms with Crippen LogP contribution >= 0.6 is 22.7 Å². The van der Waals surface area contributed by atoms with E-state index in [9.17, 15) is 9.59 Å². The maximum atomic E-state index is 12.7. The quantitative estimate of drug-likeness (QED) is 0.557. The van der Waals surface area contributed by atoms with Crippen LogP contribution in [0.2, 0.25) is 0 Å². The number of nitrogens with one attached hydrogen (secondary N) is 1. The number of rotatable bonds is 8. The zero-order chi connectivity index (χ0) is 21.8. The van der Waals surface area contributed by atoms with Crippen molar-refractivity contribution >= 4 is 39.6 Å². The van der Waals surface area contributed by atoms with Crippen molar-refractivity contribution in [1.29, 1.82) is 0 Å². The average Bonchev–Trinajstić information content (AvgIpc) is 3.53. The molecule has 8 nitrogen and oxygen atoms in total. The number of hydrogen-bond donors (Lipinski definition) is 1. The maximum absolute atomic E-state index is 12.7. The van der Waals surface area contributed by atoms with E-state index in [0.29, 0.717) is 36.1 Å². The molecule has 4 rings (SSSR count). The van der Waals surface area contributed by atoms with Crippen LogP contribution in [-0.4, -0.2) is 54.2 Å². The van der Waals surface area contributed by atoms with E-state index in [1.807, 2.05) is 35.7 Å². The second kappa shape index (κ2) is 9.44. The number of anilines is 1. The normalized spacial score (nSPS) is 15.9. The van der Waals surface area contributed by atoms with Gasteiger partial charge in [-0.15, -0.1) is 21.5 Å². The third-order valence-electron chi connectivity index (χ3n) is 5.09. The number of aromatic nitrogens is 2. The molecule has 2 aromatic heterocycles. The third-order valence-corrected chi connectivity index (χ3v) is 6.97. The van der Waals surface area contributed by atoms with Gasteiger partial charge >= 0.3 is 0 Å². The van der Waals surface area contributed by atoms with Crippen LogP contribution in [0.15, 0.2) is 35.7 Å². The van der Waals surface area contributed by atoms with Gasteiger partial charge in [-0.05, 0) is 35.6 Å². The van der Waals surface area contributed by atoms with Crippen molar-refractivity contribution in [3.8, 4) is 21.4 Å². The number of benzene rings is 1. The molecular weight excluding hydrogens is 436 g/mol. The molecule has 1 saturated heterocycles. The smallest absolute Gasteiger partial charge is 0.231 e. The van der Waals surface area contributed by atoms with Gasteiger partial charge in [0.15, 0.2) is 16.5 Å². The van der Waals surface area contributed by atoms with Crippen LogP contribution in [0.4, 0.5) is 5.13 Å².